The van der Waals surface area contributed by atoms with Crippen molar-refractivity contribution in [3.05, 3.63) is 0 Å². The quantitative estimate of drug-likeness (QED) is 0.308. The Hall–Kier alpha value is -1.79. The van der Waals surface area contributed by atoms with Crippen LogP contribution in [0.5, 0.6) is 0 Å². The van der Waals surface area contributed by atoms with Crippen LogP contribution in [-0.2, 0) is 36.5 Å². The number of aliphatic carboxylic acids is 4. The summed E-state index contributed by atoms with van der Waals surface area (Å²) in [5, 5.41) is 66.0. The fourth-order valence-corrected chi connectivity index (χ4v) is 0. The van der Waals surface area contributed by atoms with Crippen LogP contribution in [0, 0.1) is 0 Å². The molecule has 0 saturated heterocycles. The van der Waals surface area contributed by atoms with Gasteiger partial charge in [0.05, 0.1) is 50.3 Å². The van der Waals surface area contributed by atoms with Crippen molar-refractivity contribution in [1.82, 2.24) is 6.15 Å². The minimum Gasteiger partial charge on any atom is -0.548 e. The number of carboxylic acid groups (broad SMARTS) is 4. The molecule has 0 aliphatic rings. The van der Waals surface area contributed by atoms with Gasteiger partial charge in [-0.05, 0) is 0 Å². The van der Waals surface area contributed by atoms with E-state index >= 15 is 0 Å². The normalized spacial score (nSPS) is 6.73. The summed E-state index contributed by atoms with van der Waals surface area (Å²) in [5.41, 5.74) is 0. The summed E-state index contributed by atoms with van der Waals surface area (Å²) in [6, 6.07) is 0. The van der Waals surface area contributed by atoms with E-state index in [4.69, 9.17) is 60.0 Å². The first-order chi connectivity index (χ1) is 9.08. The van der Waals surface area contributed by atoms with E-state index in [0.717, 1.165) is 0 Å². The molecule has 0 aliphatic carbocycles. The largest absolute Gasteiger partial charge is 3.00 e. The zero-order valence-corrected chi connectivity index (χ0v) is 12.6. The second-order valence-electron chi connectivity index (χ2n) is 2.12. The number of aliphatic hydroxyl groups excluding tert-OH is 4. The summed E-state index contributed by atoms with van der Waals surface area (Å²) in [6.07, 6.45) is 0. The number of carboxylic acids is 4. The van der Waals surface area contributed by atoms with Gasteiger partial charge in [-0.1, -0.05) is 0 Å². The Morgan fingerprint density at radius 1 is 0.545 bits per heavy atom. The fraction of sp³-hybridized carbons (Fsp3) is 0.500. The number of hydrogen-bond acceptors (Lipinski definition) is 12. The van der Waals surface area contributed by atoms with Gasteiger partial charge < -0.3 is 66.2 Å². The van der Waals surface area contributed by atoms with Crippen molar-refractivity contribution in [2.24, 2.45) is 0 Å². The minimum absolute atomic E-state index is 0. The van der Waals surface area contributed by atoms with Crippen LogP contribution in [0.2, 0.25) is 0 Å². The van der Waals surface area contributed by atoms with E-state index in [1.54, 1.807) is 0 Å². The molecule has 0 amide bonds. The monoisotopic (exact) mass is 370 g/mol. The third-order valence-corrected chi connectivity index (χ3v) is 0.516. The third kappa shape index (κ3) is 140. The molecule has 0 fully saturated rings. The van der Waals surface area contributed by atoms with Crippen LogP contribution in [0.15, 0.2) is 0 Å². The van der Waals surface area contributed by atoms with E-state index in [-0.39, 0.29) is 23.5 Å². The van der Waals surface area contributed by atoms with Crippen LogP contribution in [0.3, 0.4) is 0 Å². The first-order valence-corrected chi connectivity index (χ1v) is 4.31. The number of carbonyl (C=O) groups is 4. The van der Waals surface area contributed by atoms with Crippen molar-refractivity contribution < 1.29 is 77.4 Å². The third-order valence-electron chi connectivity index (χ3n) is 0.516. The topological polar surface area (TPSA) is 278 Å². The van der Waals surface area contributed by atoms with Crippen LogP contribution in [0.25, 0.3) is 0 Å². The molecule has 0 atom stereocenters. The zero-order chi connectivity index (χ0) is 17.1. The molecule has 1 radical (unpaired) electrons. The Kier molecular flexibility index (Phi) is 53.0. The van der Waals surface area contributed by atoms with E-state index in [2.05, 4.69) is 0 Å². The van der Waals surface area contributed by atoms with E-state index in [0.29, 0.717) is 0 Å². The molecule has 8 N–H and O–H groups in total. The molecule has 0 rings (SSSR count). The molecular weight excluding hydrogens is 354 g/mol. The minimum atomic E-state index is -1.44. The molecule has 22 heavy (non-hydrogen) atoms. The van der Waals surface area contributed by atoms with Crippen LogP contribution >= 0.6 is 0 Å². The van der Waals surface area contributed by atoms with E-state index in [1.165, 1.54) is 0 Å². The maximum Gasteiger partial charge on any atom is 3.00 e. The number of rotatable bonds is 4. The van der Waals surface area contributed by atoms with Crippen molar-refractivity contribution in [2.75, 3.05) is 26.4 Å². The Balaban J connectivity index is -0.0000000376. The predicted molar refractivity (Wildman–Crippen MR) is 54.4 cm³/mol. The Morgan fingerprint density at radius 2 is 0.591 bits per heavy atom. The molecule has 0 unspecified atom stereocenters. The molecule has 0 saturated carbocycles. The van der Waals surface area contributed by atoms with Gasteiger partial charge in [0.15, 0.2) is 0 Å². The molecule has 131 valence electrons. The van der Waals surface area contributed by atoms with Crippen LogP contribution in [-0.4, -0.2) is 70.7 Å². The molecule has 0 spiro atoms. The van der Waals surface area contributed by atoms with Crippen LogP contribution < -0.4 is 26.6 Å². The van der Waals surface area contributed by atoms with E-state index in [9.17, 15) is 0 Å². The van der Waals surface area contributed by atoms with Gasteiger partial charge in [-0.15, -0.1) is 0 Å². The summed E-state index contributed by atoms with van der Waals surface area (Å²) in [4.78, 5) is 36.0. The molecule has 0 aliphatic heterocycles. The van der Waals surface area contributed by atoms with Gasteiger partial charge in [0.2, 0.25) is 0 Å². The molecule has 0 aromatic carbocycles. The summed E-state index contributed by atoms with van der Waals surface area (Å²) in [7, 11) is 0. The van der Waals surface area contributed by atoms with Crippen LogP contribution in [0.1, 0.15) is 0 Å². The number of carbonyl (C=O) groups excluding carboxylic acids is 4. The van der Waals surface area contributed by atoms with Gasteiger partial charge in [-0.25, -0.2) is 0 Å². The van der Waals surface area contributed by atoms with Crippen molar-refractivity contribution in [3.8, 4) is 0 Å². The molecule has 13 nitrogen and oxygen atoms in total. The first-order valence-electron chi connectivity index (χ1n) is 4.31. The van der Waals surface area contributed by atoms with E-state index in [1.807, 2.05) is 0 Å². The van der Waals surface area contributed by atoms with Gasteiger partial charge in [0, 0.05) is 0 Å². The zero-order valence-electron chi connectivity index (χ0n) is 11.3. The summed E-state index contributed by atoms with van der Waals surface area (Å²) in [6.45, 7) is -3.56. The molecule has 0 aromatic heterocycles. The fourth-order valence-electron chi connectivity index (χ4n) is 0. The summed E-state index contributed by atoms with van der Waals surface area (Å²) < 4.78 is 0. The van der Waals surface area contributed by atoms with Gasteiger partial charge in [0.1, 0.15) is 0 Å². The standard InChI is InChI=1S/4C2H4O3.Cr.H3N/c4*3-1-2(4)5;;/h4*3H,1H2,(H,4,5);;1H3/q;;;;+3;/p-3. The number of quaternary nitrogens is 1. The smallest absolute Gasteiger partial charge is 0.548 e. The van der Waals surface area contributed by atoms with E-state index < -0.39 is 50.3 Å². The summed E-state index contributed by atoms with van der Waals surface area (Å²) in [5.74, 6) is -5.76. The summed E-state index contributed by atoms with van der Waals surface area (Å²) >= 11 is 0. The first kappa shape index (κ1) is 36.9. The van der Waals surface area contributed by atoms with Gasteiger partial charge in [0.25, 0.3) is 0 Å². The predicted octanol–water partition coefficient (Wildman–Crippen LogP) is -8.71. The maximum atomic E-state index is 9.01. The Bertz CT molecular complexity index is 228. The average Bonchev–Trinajstić information content (AvgIpc) is 2.40. The molecule has 14 heteroatoms. The average molecular weight is 370 g/mol. The van der Waals surface area contributed by atoms with Gasteiger partial charge >= 0.3 is 17.4 Å². The van der Waals surface area contributed by atoms with Gasteiger partial charge in [-0.3, -0.25) is 0 Å². The van der Waals surface area contributed by atoms with Crippen LogP contribution in [0.4, 0.5) is 0 Å². The number of hydrogen-bond donors (Lipinski definition) is 5. The SMILES string of the molecule is O=C([O-])CO.O=C([O-])CO.O=C([O-])CO.O=C([O-])CO.[Cr+3].[NH4+]. The Morgan fingerprint density at radius 3 is 0.591 bits per heavy atom. The molecular formula is C8H16CrNO12. The molecule has 0 heterocycles. The molecule has 0 aromatic rings. The Labute approximate surface area is 134 Å². The van der Waals surface area contributed by atoms with Crippen molar-refractivity contribution in [1.29, 1.82) is 0 Å². The van der Waals surface area contributed by atoms with Crippen molar-refractivity contribution in [3.63, 3.8) is 0 Å². The number of aliphatic hydroxyl groups is 4. The second-order valence-corrected chi connectivity index (χ2v) is 2.12. The van der Waals surface area contributed by atoms with Gasteiger partial charge in [-0.2, -0.15) is 0 Å². The second kappa shape index (κ2) is 31.5. The maximum absolute atomic E-state index is 9.01. The van der Waals surface area contributed by atoms with Crippen molar-refractivity contribution in [2.45, 2.75) is 0 Å². The van der Waals surface area contributed by atoms with Crippen molar-refractivity contribution >= 4 is 23.9 Å². The molecule has 0 bridgehead atoms.